The maximum atomic E-state index is 13.4. The number of fused-ring (bicyclic) bond motifs is 1. The Bertz CT molecular complexity index is 1130. The van der Waals surface area contributed by atoms with Gasteiger partial charge in [0.25, 0.3) is 11.8 Å². The van der Waals surface area contributed by atoms with Gasteiger partial charge >= 0.3 is 11.8 Å². The average Bonchev–Trinajstić information content (AvgIpc) is 3.23. The summed E-state index contributed by atoms with van der Waals surface area (Å²) in [5.41, 5.74) is 5.80. The summed E-state index contributed by atoms with van der Waals surface area (Å²) in [6, 6.07) is 4.99. The number of aliphatic hydroxyl groups excluding tert-OH is 1. The van der Waals surface area contributed by atoms with Crippen LogP contribution in [0.5, 0.6) is 0 Å². The third-order valence-corrected chi connectivity index (χ3v) is 5.88. The number of nitrogens with two attached hydrogens (primary N) is 1. The Kier molecular flexibility index (Phi) is 5.75. The van der Waals surface area contributed by atoms with Crippen LogP contribution in [0.25, 0.3) is 0 Å². The number of hydrogen-bond donors (Lipinski definition) is 2. The van der Waals surface area contributed by atoms with Crippen LogP contribution in [0.1, 0.15) is 35.0 Å². The van der Waals surface area contributed by atoms with Crippen molar-refractivity contribution in [2.24, 2.45) is 5.73 Å². The van der Waals surface area contributed by atoms with Crippen molar-refractivity contribution in [3.8, 4) is 0 Å². The number of piperidine rings is 1. The molecule has 3 heterocycles. The SMILES string of the molecule is Cc1nnc(C(=O)N(C)C2CCCN3C(=O)C(O)=C(C(N)=O)N(Cc4ccc(F)cc4)C23)o1. The standard InChI is InChI=1S/C21H23FN6O5/c1-11-24-25-18(33-11)21(32)26(2)14-4-3-9-27-19(14)28(10-12-5-7-13(22)8-6-12)15(17(23)30)16(29)20(27)31/h5-8,14,19,29H,3-4,9-10H2,1-2H3,(H2,23,30). The van der Waals surface area contributed by atoms with E-state index in [2.05, 4.69) is 10.2 Å². The summed E-state index contributed by atoms with van der Waals surface area (Å²) in [5, 5.41) is 18.0. The molecule has 0 saturated carbocycles. The van der Waals surface area contributed by atoms with Crippen molar-refractivity contribution in [1.82, 2.24) is 24.9 Å². The molecule has 2 unspecified atom stereocenters. The van der Waals surface area contributed by atoms with Gasteiger partial charge in [0.15, 0.2) is 5.70 Å². The van der Waals surface area contributed by atoms with Gasteiger partial charge in [0.1, 0.15) is 12.0 Å². The van der Waals surface area contributed by atoms with Crippen molar-refractivity contribution >= 4 is 17.7 Å². The third-order valence-electron chi connectivity index (χ3n) is 5.88. The Morgan fingerprint density at radius 1 is 1.30 bits per heavy atom. The second kappa shape index (κ2) is 8.52. The monoisotopic (exact) mass is 458 g/mol. The van der Waals surface area contributed by atoms with Crippen LogP contribution in [0.4, 0.5) is 4.39 Å². The van der Waals surface area contributed by atoms with Crippen molar-refractivity contribution in [2.75, 3.05) is 13.6 Å². The molecule has 1 saturated heterocycles. The minimum atomic E-state index is -0.992. The molecular weight excluding hydrogens is 435 g/mol. The molecule has 1 aromatic carbocycles. The number of amides is 3. The fraction of sp³-hybridized carbons (Fsp3) is 0.381. The van der Waals surface area contributed by atoms with Gasteiger partial charge in [-0.3, -0.25) is 14.4 Å². The number of carbonyl (C=O) groups is 3. The van der Waals surface area contributed by atoms with Crippen LogP contribution in [0.3, 0.4) is 0 Å². The predicted molar refractivity (Wildman–Crippen MR) is 110 cm³/mol. The molecule has 11 nitrogen and oxygen atoms in total. The maximum Gasteiger partial charge on any atom is 0.311 e. The van der Waals surface area contributed by atoms with E-state index in [1.165, 1.54) is 39.0 Å². The van der Waals surface area contributed by atoms with Crippen LogP contribution in [0.2, 0.25) is 0 Å². The van der Waals surface area contributed by atoms with Crippen molar-refractivity contribution in [3.63, 3.8) is 0 Å². The molecule has 2 aliphatic heterocycles. The molecule has 4 rings (SSSR count). The summed E-state index contributed by atoms with van der Waals surface area (Å²) in [7, 11) is 1.54. The second-order valence-electron chi connectivity index (χ2n) is 7.98. The van der Waals surface area contributed by atoms with Crippen LogP contribution in [-0.2, 0) is 16.1 Å². The van der Waals surface area contributed by atoms with Gasteiger partial charge in [-0.15, -0.1) is 10.2 Å². The van der Waals surface area contributed by atoms with Gasteiger partial charge in [0.05, 0.1) is 6.04 Å². The normalized spacial score (nSPS) is 20.6. The molecule has 1 fully saturated rings. The number of nitrogens with zero attached hydrogens (tertiary/aromatic N) is 5. The van der Waals surface area contributed by atoms with E-state index in [9.17, 15) is 23.9 Å². The fourth-order valence-electron chi connectivity index (χ4n) is 4.36. The van der Waals surface area contributed by atoms with E-state index in [1.807, 2.05) is 0 Å². The summed E-state index contributed by atoms with van der Waals surface area (Å²) >= 11 is 0. The highest BCUT2D eigenvalue weighted by Gasteiger charge is 2.49. The molecule has 0 bridgehead atoms. The largest absolute Gasteiger partial charge is 0.501 e. The molecule has 2 aromatic rings. The van der Waals surface area contributed by atoms with Gasteiger partial charge < -0.3 is 30.0 Å². The topological polar surface area (TPSA) is 146 Å². The molecule has 3 N–H and O–H groups in total. The van der Waals surface area contributed by atoms with Crippen LogP contribution in [-0.4, -0.2) is 73.5 Å². The first kappa shape index (κ1) is 22.2. The fourth-order valence-corrected chi connectivity index (χ4v) is 4.36. The smallest absolute Gasteiger partial charge is 0.311 e. The van der Waals surface area contributed by atoms with Gasteiger partial charge in [0.2, 0.25) is 11.6 Å². The molecule has 3 amide bonds. The predicted octanol–water partition coefficient (Wildman–Crippen LogP) is 0.677. The van der Waals surface area contributed by atoms with Crippen LogP contribution < -0.4 is 5.73 Å². The number of hydrogen-bond acceptors (Lipinski definition) is 8. The zero-order valence-electron chi connectivity index (χ0n) is 18.1. The average molecular weight is 458 g/mol. The highest BCUT2D eigenvalue weighted by molar-refractivity contribution is 6.03. The van der Waals surface area contributed by atoms with Crippen molar-refractivity contribution in [3.05, 3.63) is 58.9 Å². The van der Waals surface area contributed by atoms with E-state index in [0.717, 1.165) is 0 Å². The van der Waals surface area contributed by atoms with Gasteiger partial charge in [-0.2, -0.15) is 0 Å². The number of carbonyl (C=O) groups excluding carboxylic acids is 3. The Balaban J connectivity index is 1.76. The third kappa shape index (κ3) is 3.99. The molecule has 2 atom stereocenters. The molecule has 1 aromatic heterocycles. The number of rotatable bonds is 5. The van der Waals surface area contributed by atoms with Crippen molar-refractivity contribution in [1.29, 1.82) is 0 Å². The summed E-state index contributed by atoms with van der Waals surface area (Å²) in [4.78, 5) is 42.5. The van der Waals surface area contributed by atoms with E-state index in [4.69, 9.17) is 10.2 Å². The maximum absolute atomic E-state index is 13.4. The quantitative estimate of drug-likeness (QED) is 0.665. The number of likely N-dealkylation sites (N-methyl/N-ethyl adjacent to an activating group) is 1. The minimum Gasteiger partial charge on any atom is -0.501 e. The lowest BCUT2D eigenvalue weighted by Crippen LogP contribution is -2.67. The summed E-state index contributed by atoms with van der Waals surface area (Å²) in [5.74, 6) is -3.45. The summed E-state index contributed by atoms with van der Waals surface area (Å²) in [6.07, 6.45) is 0.237. The van der Waals surface area contributed by atoms with E-state index >= 15 is 0 Å². The van der Waals surface area contributed by atoms with Gasteiger partial charge in [-0.05, 0) is 30.5 Å². The lowest BCUT2D eigenvalue weighted by Gasteiger charge is -2.52. The second-order valence-corrected chi connectivity index (χ2v) is 7.98. The Hall–Kier alpha value is -3.96. The minimum absolute atomic E-state index is 0.0370. The molecule has 174 valence electrons. The van der Waals surface area contributed by atoms with Gasteiger partial charge in [-0.1, -0.05) is 12.1 Å². The highest BCUT2D eigenvalue weighted by atomic mass is 19.1. The molecule has 33 heavy (non-hydrogen) atoms. The summed E-state index contributed by atoms with van der Waals surface area (Å²) < 4.78 is 18.7. The van der Waals surface area contributed by atoms with E-state index in [1.54, 1.807) is 14.0 Å². The molecule has 0 aliphatic carbocycles. The number of benzene rings is 1. The zero-order chi connectivity index (χ0) is 23.9. The van der Waals surface area contributed by atoms with Crippen LogP contribution in [0.15, 0.2) is 40.1 Å². The van der Waals surface area contributed by atoms with Crippen molar-refractivity contribution in [2.45, 2.75) is 38.5 Å². The molecule has 2 aliphatic rings. The molecular formula is C21H23FN6O5. The van der Waals surface area contributed by atoms with Gasteiger partial charge in [-0.25, -0.2) is 4.39 Å². The van der Waals surface area contributed by atoms with Crippen LogP contribution >= 0.6 is 0 Å². The Morgan fingerprint density at radius 2 is 2.00 bits per heavy atom. The Labute approximate surface area is 188 Å². The highest BCUT2D eigenvalue weighted by Crippen LogP contribution is 2.34. The lowest BCUT2D eigenvalue weighted by molar-refractivity contribution is -0.148. The first-order valence-corrected chi connectivity index (χ1v) is 10.3. The number of aromatic nitrogens is 2. The Morgan fingerprint density at radius 3 is 2.61 bits per heavy atom. The number of primary amides is 1. The number of aryl methyl sites for hydroxylation is 1. The lowest BCUT2D eigenvalue weighted by atomic mass is 9.95. The van der Waals surface area contributed by atoms with E-state index in [-0.39, 0.29) is 24.0 Å². The molecule has 0 spiro atoms. The first-order valence-electron chi connectivity index (χ1n) is 10.3. The van der Waals surface area contributed by atoms with E-state index in [0.29, 0.717) is 24.9 Å². The first-order chi connectivity index (χ1) is 15.7. The van der Waals surface area contributed by atoms with Gasteiger partial charge in [0, 0.05) is 27.1 Å². The number of halogens is 1. The molecule has 0 radical (unpaired) electrons. The van der Waals surface area contributed by atoms with E-state index < -0.39 is 41.5 Å². The number of aliphatic hydroxyl groups is 1. The summed E-state index contributed by atoms with van der Waals surface area (Å²) in [6.45, 7) is 1.90. The van der Waals surface area contributed by atoms with Crippen molar-refractivity contribution < 1.29 is 28.3 Å². The zero-order valence-corrected chi connectivity index (χ0v) is 18.1. The molecule has 12 heteroatoms. The van der Waals surface area contributed by atoms with Crippen LogP contribution in [0, 0.1) is 12.7 Å².